The van der Waals surface area contributed by atoms with Crippen LogP contribution < -0.4 is 16.6 Å². The Kier molecular flexibility index (Phi) is 4.66. The van der Waals surface area contributed by atoms with Crippen molar-refractivity contribution in [1.29, 1.82) is 0 Å². The number of amides is 3. The molecule has 1 aliphatic rings. The lowest BCUT2D eigenvalue weighted by Crippen LogP contribution is -2.60. The Morgan fingerprint density at radius 2 is 2.10 bits per heavy atom. The fourth-order valence-electron chi connectivity index (χ4n) is 2.59. The van der Waals surface area contributed by atoms with Crippen LogP contribution in [0.25, 0.3) is 0 Å². The zero-order valence-corrected chi connectivity index (χ0v) is 11.7. The van der Waals surface area contributed by atoms with Crippen molar-refractivity contribution in [3.05, 3.63) is 35.9 Å². The van der Waals surface area contributed by atoms with Crippen molar-refractivity contribution >= 4 is 17.7 Å². The lowest BCUT2D eigenvalue weighted by atomic mass is 9.99. The third-order valence-electron chi connectivity index (χ3n) is 3.52. The molecule has 7 heteroatoms. The SMILES string of the molecule is CCC1C(=O)NC(=O)CN1C(C(=O)NN)c1ccccc1. The van der Waals surface area contributed by atoms with Crippen LogP contribution in [0.5, 0.6) is 0 Å². The average Bonchev–Trinajstić information content (AvgIpc) is 2.48. The molecule has 1 saturated heterocycles. The van der Waals surface area contributed by atoms with Crippen molar-refractivity contribution < 1.29 is 14.4 Å². The maximum Gasteiger partial charge on any atom is 0.255 e. The maximum atomic E-state index is 12.2. The van der Waals surface area contributed by atoms with E-state index >= 15 is 0 Å². The molecule has 2 unspecified atom stereocenters. The number of rotatable bonds is 4. The number of hydrogen-bond donors (Lipinski definition) is 3. The molecule has 1 aliphatic heterocycles. The third kappa shape index (κ3) is 3.09. The molecular weight excluding hydrogens is 272 g/mol. The molecular formula is C14H18N4O3. The van der Waals surface area contributed by atoms with E-state index in [1.165, 1.54) is 0 Å². The van der Waals surface area contributed by atoms with Gasteiger partial charge in [-0.1, -0.05) is 37.3 Å². The standard InChI is InChI=1S/C14H18N4O3/c1-2-10-13(20)16-11(19)8-18(10)12(14(21)17-15)9-6-4-3-5-7-9/h3-7,10,12H,2,8,15H2,1H3,(H,17,21)(H,16,19,20). The van der Waals surface area contributed by atoms with E-state index in [4.69, 9.17) is 5.84 Å². The number of carbonyl (C=O) groups excluding carboxylic acids is 3. The minimum Gasteiger partial charge on any atom is -0.294 e. The van der Waals surface area contributed by atoms with Gasteiger partial charge in [0.15, 0.2) is 0 Å². The van der Waals surface area contributed by atoms with Crippen LogP contribution in [0.3, 0.4) is 0 Å². The maximum absolute atomic E-state index is 12.2. The summed E-state index contributed by atoms with van der Waals surface area (Å²) in [7, 11) is 0. The second kappa shape index (κ2) is 6.47. The highest BCUT2D eigenvalue weighted by Gasteiger charge is 2.40. The van der Waals surface area contributed by atoms with Crippen LogP contribution in [-0.2, 0) is 14.4 Å². The van der Waals surface area contributed by atoms with E-state index in [1.54, 1.807) is 29.2 Å². The first-order valence-electron chi connectivity index (χ1n) is 6.73. The number of nitrogens with one attached hydrogen (secondary N) is 2. The van der Waals surface area contributed by atoms with Gasteiger partial charge >= 0.3 is 0 Å². The van der Waals surface area contributed by atoms with Gasteiger partial charge in [-0.3, -0.25) is 30.0 Å². The normalized spacial score (nSPS) is 20.8. The van der Waals surface area contributed by atoms with E-state index in [-0.39, 0.29) is 12.5 Å². The van der Waals surface area contributed by atoms with Crippen molar-refractivity contribution in [2.24, 2.45) is 5.84 Å². The molecule has 0 bridgehead atoms. The van der Waals surface area contributed by atoms with Crippen LogP contribution >= 0.6 is 0 Å². The number of hydrazine groups is 1. The molecule has 7 nitrogen and oxygen atoms in total. The minimum absolute atomic E-state index is 0.0305. The lowest BCUT2D eigenvalue weighted by molar-refractivity contribution is -0.144. The van der Waals surface area contributed by atoms with Gasteiger partial charge < -0.3 is 0 Å². The molecule has 3 amide bonds. The van der Waals surface area contributed by atoms with Crippen LogP contribution in [0.1, 0.15) is 24.9 Å². The summed E-state index contributed by atoms with van der Waals surface area (Å²) in [4.78, 5) is 37.4. The summed E-state index contributed by atoms with van der Waals surface area (Å²) in [6.07, 6.45) is 0.486. The summed E-state index contributed by atoms with van der Waals surface area (Å²) in [5.74, 6) is 3.99. The number of nitrogens with zero attached hydrogens (tertiary/aromatic N) is 1. The molecule has 1 fully saturated rings. The second-order valence-corrected chi connectivity index (χ2v) is 4.83. The molecule has 0 aromatic heterocycles. The van der Waals surface area contributed by atoms with Crippen LogP contribution in [0.4, 0.5) is 0 Å². The molecule has 4 N–H and O–H groups in total. The first-order chi connectivity index (χ1) is 10.1. The van der Waals surface area contributed by atoms with Crippen molar-refractivity contribution in [1.82, 2.24) is 15.6 Å². The molecule has 112 valence electrons. The summed E-state index contributed by atoms with van der Waals surface area (Å²) < 4.78 is 0. The topological polar surface area (TPSA) is 105 Å². The van der Waals surface area contributed by atoms with Gasteiger partial charge in [-0.25, -0.2) is 5.84 Å². The van der Waals surface area contributed by atoms with E-state index in [1.807, 2.05) is 13.0 Å². The Balaban J connectivity index is 2.41. The van der Waals surface area contributed by atoms with E-state index in [0.29, 0.717) is 12.0 Å². The van der Waals surface area contributed by atoms with Crippen LogP contribution in [0.15, 0.2) is 30.3 Å². The largest absolute Gasteiger partial charge is 0.294 e. The van der Waals surface area contributed by atoms with E-state index in [0.717, 1.165) is 0 Å². The van der Waals surface area contributed by atoms with Gasteiger partial charge in [0.2, 0.25) is 11.8 Å². The molecule has 0 radical (unpaired) electrons. The number of benzene rings is 1. The van der Waals surface area contributed by atoms with Gasteiger partial charge in [-0.15, -0.1) is 0 Å². The van der Waals surface area contributed by atoms with Crippen molar-refractivity contribution in [2.45, 2.75) is 25.4 Å². The highest BCUT2D eigenvalue weighted by molar-refractivity contribution is 6.01. The van der Waals surface area contributed by atoms with E-state index < -0.39 is 23.9 Å². The Labute approximate surface area is 122 Å². The Hall–Kier alpha value is -2.25. The van der Waals surface area contributed by atoms with Gasteiger partial charge in [0.25, 0.3) is 5.91 Å². The molecule has 2 atom stereocenters. The summed E-state index contributed by atoms with van der Waals surface area (Å²) >= 11 is 0. The number of carbonyl (C=O) groups is 3. The summed E-state index contributed by atoms with van der Waals surface area (Å²) in [5.41, 5.74) is 2.79. The molecule has 0 aliphatic carbocycles. The smallest absolute Gasteiger partial charge is 0.255 e. The van der Waals surface area contributed by atoms with E-state index in [2.05, 4.69) is 10.7 Å². The zero-order valence-electron chi connectivity index (χ0n) is 11.7. The lowest BCUT2D eigenvalue weighted by Gasteiger charge is -2.38. The minimum atomic E-state index is -0.781. The highest BCUT2D eigenvalue weighted by Crippen LogP contribution is 2.25. The van der Waals surface area contributed by atoms with Gasteiger partial charge in [0, 0.05) is 0 Å². The van der Waals surface area contributed by atoms with E-state index in [9.17, 15) is 14.4 Å². The number of hydrogen-bond acceptors (Lipinski definition) is 5. The molecule has 1 heterocycles. The van der Waals surface area contributed by atoms with Gasteiger partial charge in [0.05, 0.1) is 12.6 Å². The second-order valence-electron chi connectivity index (χ2n) is 4.83. The van der Waals surface area contributed by atoms with Crippen LogP contribution in [0.2, 0.25) is 0 Å². The van der Waals surface area contributed by atoms with Crippen LogP contribution in [-0.4, -0.2) is 35.2 Å². The highest BCUT2D eigenvalue weighted by atomic mass is 16.2. The Morgan fingerprint density at radius 3 is 2.67 bits per heavy atom. The molecule has 21 heavy (non-hydrogen) atoms. The molecule has 1 aromatic carbocycles. The zero-order chi connectivity index (χ0) is 15.4. The number of piperazine rings is 1. The van der Waals surface area contributed by atoms with Crippen molar-refractivity contribution in [3.8, 4) is 0 Å². The average molecular weight is 290 g/mol. The molecule has 0 saturated carbocycles. The monoisotopic (exact) mass is 290 g/mol. The van der Waals surface area contributed by atoms with Gasteiger partial charge in [-0.05, 0) is 12.0 Å². The fraction of sp³-hybridized carbons (Fsp3) is 0.357. The third-order valence-corrected chi connectivity index (χ3v) is 3.52. The summed E-state index contributed by atoms with van der Waals surface area (Å²) in [5, 5.41) is 2.29. The van der Waals surface area contributed by atoms with Crippen LogP contribution in [0, 0.1) is 0 Å². The predicted molar refractivity (Wildman–Crippen MR) is 75.4 cm³/mol. The fourth-order valence-corrected chi connectivity index (χ4v) is 2.59. The summed E-state index contributed by atoms with van der Waals surface area (Å²) in [6.45, 7) is 1.80. The number of imide groups is 1. The molecule has 1 aromatic rings. The molecule has 2 rings (SSSR count). The predicted octanol–water partition coefficient (Wildman–Crippen LogP) is -0.545. The first-order valence-corrected chi connectivity index (χ1v) is 6.73. The Morgan fingerprint density at radius 1 is 1.43 bits per heavy atom. The quantitative estimate of drug-likeness (QED) is 0.299. The van der Waals surface area contributed by atoms with Crippen molar-refractivity contribution in [2.75, 3.05) is 6.54 Å². The van der Waals surface area contributed by atoms with Gasteiger partial charge in [-0.2, -0.15) is 0 Å². The van der Waals surface area contributed by atoms with Gasteiger partial charge in [0.1, 0.15) is 6.04 Å². The Bertz CT molecular complexity index is 546. The molecule has 0 spiro atoms. The van der Waals surface area contributed by atoms with Crippen molar-refractivity contribution in [3.63, 3.8) is 0 Å². The first kappa shape index (κ1) is 15.1. The summed E-state index contributed by atoms with van der Waals surface area (Å²) in [6, 6.07) is 7.61. The number of nitrogens with two attached hydrogens (primary N) is 1.